The van der Waals surface area contributed by atoms with Gasteiger partial charge in [0.1, 0.15) is 5.82 Å². The van der Waals surface area contributed by atoms with Gasteiger partial charge in [-0.15, -0.1) is 0 Å². The van der Waals surface area contributed by atoms with Gasteiger partial charge in [0.25, 0.3) is 5.91 Å². The van der Waals surface area contributed by atoms with Crippen LogP contribution in [0.2, 0.25) is 0 Å². The predicted octanol–water partition coefficient (Wildman–Crippen LogP) is 5.29. The molecule has 0 bridgehead atoms. The van der Waals surface area contributed by atoms with Crippen molar-refractivity contribution < 1.29 is 9.18 Å². The lowest BCUT2D eigenvalue weighted by Crippen LogP contribution is -2.18. The Morgan fingerprint density at radius 1 is 1.21 bits per heavy atom. The molecule has 3 aromatic rings. The number of nitrogens with zero attached hydrogens (tertiary/aromatic N) is 2. The molecule has 0 unspecified atom stereocenters. The molecule has 0 radical (unpaired) electrons. The summed E-state index contributed by atoms with van der Waals surface area (Å²) in [6, 6.07) is 10.4. The average molecular weight is 442 g/mol. The van der Waals surface area contributed by atoms with Crippen LogP contribution in [0.3, 0.4) is 0 Å². The van der Waals surface area contributed by atoms with Crippen molar-refractivity contribution in [2.45, 2.75) is 26.3 Å². The second kappa shape index (κ2) is 7.97. The molecule has 0 atom stereocenters. The molecule has 2 aromatic carbocycles. The van der Waals surface area contributed by atoms with Gasteiger partial charge in [-0.05, 0) is 96.3 Å². The molecule has 2 heterocycles. The molecule has 1 N–H and O–H groups in total. The molecule has 6 heteroatoms. The second-order valence-electron chi connectivity index (χ2n) is 7.27. The maximum Gasteiger partial charge on any atom is 0.255 e. The molecule has 1 aromatic heterocycles. The average Bonchev–Trinajstić information content (AvgIpc) is 3.17. The van der Waals surface area contributed by atoms with Crippen molar-refractivity contribution in [3.05, 3.63) is 69.6 Å². The molecule has 1 aliphatic rings. The van der Waals surface area contributed by atoms with Crippen molar-refractivity contribution in [3.63, 3.8) is 0 Å². The fourth-order valence-electron chi connectivity index (χ4n) is 3.59. The highest BCUT2D eigenvalue weighted by atomic mass is 79.9. The van der Waals surface area contributed by atoms with E-state index >= 15 is 0 Å². The molecular formula is C22H21BrFN3O. The zero-order valence-corrected chi connectivity index (χ0v) is 17.2. The van der Waals surface area contributed by atoms with Crippen molar-refractivity contribution in [2.75, 3.05) is 18.4 Å². The van der Waals surface area contributed by atoms with Crippen LogP contribution in [0.15, 0.2) is 47.1 Å². The van der Waals surface area contributed by atoms with Crippen molar-refractivity contribution in [2.24, 2.45) is 0 Å². The van der Waals surface area contributed by atoms with Crippen LogP contribution < -0.4 is 5.32 Å². The quantitative estimate of drug-likeness (QED) is 0.597. The maximum atomic E-state index is 13.7. The molecule has 1 saturated heterocycles. The van der Waals surface area contributed by atoms with E-state index in [0.29, 0.717) is 10.2 Å². The first kappa shape index (κ1) is 19.0. The standard InChI is InChI=1S/C22H21BrFN3O/c1-14-8-17-9-15(13-27-6-2-3-7-27)12-25-21(17)11-20(14)26-22(28)16-4-5-18(23)19(24)10-16/h4-5,8-12H,2-3,6-7,13H2,1H3,(H,26,28). The van der Waals surface area contributed by atoms with E-state index in [1.807, 2.05) is 25.3 Å². The lowest BCUT2D eigenvalue weighted by Gasteiger charge is -2.15. The van der Waals surface area contributed by atoms with Crippen LogP contribution in [0.1, 0.15) is 34.3 Å². The van der Waals surface area contributed by atoms with E-state index in [1.54, 1.807) is 6.07 Å². The lowest BCUT2D eigenvalue weighted by molar-refractivity contribution is 0.102. The van der Waals surface area contributed by atoms with Gasteiger partial charge >= 0.3 is 0 Å². The van der Waals surface area contributed by atoms with E-state index in [2.05, 4.69) is 37.2 Å². The van der Waals surface area contributed by atoms with Gasteiger partial charge in [0.05, 0.1) is 9.99 Å². The number of aryl methyl sites for hydroxylation is 1. The van der Waals surface area contributed by atoms with Crippen LogP contribution >= 0.6 is 15.9 Å². The summed E-state index contributed by atoms with van der Waals surface area (Å²) in [4.78, 5) is 19.5. The Hall–Kier alpha value is -2.31. The number of carbonyl (C=O) groups excluding carboxylic acids is 1. The minimum absolute atomic E-state index is 0.272. The fraction of sp³-hybridized carbons (Fsp3) is 0.273. The van der Waals surface area contributed by atoms with Gasteiger partial charge in [0, 0.05) is 29.4 Å². The van der Waals surface area contributed by atoms with E-state index in [1.165, 1.54) is 30.5 Å². The van der Waals surface area contributed by atoms with Crippen LogP contribution in [0, 0.1) is 12.7 Å². The van der Waals surface area contributed by atoms with Gasteiger partial charge in [-0.1, -0.05) is 0 Å². The Balaban J connectivity index is 1.56. The van der Waals surface area contributed by atoms with Gasteiger partial charge in [0.15, 0.2) is 0 Å². The highest BCUT2D eigenvalue weighted by Crippen LogP contribution is 2.25. The van der Waals surface area contributed by atoms with Gasteiger partial charge in [0.2, 0.25) is 0 Å². The smallest absolute Gasteiger partial charge is 0.255 e. The van der Waals surface area contributed by atoms with E-state index in [4.69, 9.17) is 0 Å². The Morgan fingerprint density at radius 2 is 2.00 bits per heavy atom. The van der Waals surface area contributed by atoms with Crippen LogP contribution in [0.5, 0.6) is 0 Å². The number of halogens is 2. The summed E-state index contributed by atoms with van der Waals surface area (Å²) in [5, 5.41) is 3.93. The third-order valence-electron chi connectivity index (χ3n) is 5.12. The highest BCUT2D eigenvalue weighted by Gasteiger charge is 2.14. The SMILES string of the molecule is Cc1cc2cc(CN3CCCC3)cnc2cc1NC(=O)c1ccc(Br)c(F)c1. The first-order valence-corrected chi connectivity index (χ1v) is 10.2. The summed E-state index contributed by atoms with van der Waals surface area (Å²) in [6.45, 7) is 5.18. The summed E-state index contributed by atoms with van der Waals surface area (Å²) in [5.41, 5.74) is 3.93. The molecule has 0 spiro atoms. The van der Waals surface area contributed by atoms with E-state index in [-0.39, 0.29) is 11.5 Å². The number of hydrogen-bond acceptors (Lipinski definition) is 3. The Bertz CT molecular complexity index is 1050. The van der Waals surface area contributed by atoms with Crippen LogP contribution in [0.25, 0.3) is 10.9 Å². The Kier molecular flexibility index (Phi) is 5.42. The van der Waals surface area contributed by atoms with Crippen molar-refractivity contribution in [1.82, 2.24) is 9.88 Å². The summed E-state index contributed by atoms with van der Waals surface area (Å²) in [6.07, 6.45) is 4.45. The number of nitrogens with one attached hydrogen (secondary N) is 1. The topological polar surface area (TPSA) is 45.2 Å². The summed E-state index contributed by atoms with van der Waals surface area (Å²) < 4.78 is 14.0. The number of hydrogen-bond donors (Lipinski definition) is 1. The highest BCUT2D eigenvalue weighted by molar-refractivity contribution is 9.10. The lowest BCUT2D eigenvalue weighted by atomic mass is 10.1. The number of fused-ring (bicyclic) bond motifs is 1. The molecule has 28 heavy (non-hydrogen) atoms. The number of aromatic nitrogens is 1. The number of carbonyl (C=O) groups is 1. The van der Waals surface area contributed by atoms with Gasteiger partial charge in [-0.2, -0.15) is 0 Å². The van der Waals surface area contributed by atoms with E-state index in [0.717, 1.165) is 36.1 Å². The molecule has 0 aliphatic carbocycles. The minimum Gasteiger partial charge on any atom is -0.322 e. The second-order valence-corrected chi connectivity index (χ2v) is 8.12. The summed E-state index contributed by atoms with van der Waals surface area (Å²) in [5.74, 6) is -0.811. The van der Waals surface area contributed by atoms with Crippen LogP contribution in [-0.4, -0.2) is 28.9 Å². The number of amides is 1. The number of rotatable bonds is 4. The Labute approximate surface area is 171 Å². The summed E-state index contributed by atoms with van der Waals surface area (Å²) >= 11 is 3.10. The number of anilines is 1. The van der Waals surface area contributed by atoms with Crippen LogP contribution in [-0.2, 0) is 6.54 Å². The number of benzene rings is 2. The first-order chi connectivity index (χ1) is 13.5. The zero-order valence-electron chi connectivity index (χ0n) is 15.6. The first-order valence-electron chi connectivity index (χ1n) is 9.37. The molecule has 0 saturated carbocycles. The van der Waals surface area contributed by atoms with Gasteiger partial charge in [-0.25, -0.2) is 4.39 Å². The van der Waals surface area contributed by atoms with Crippen molar-refractivity contribution >= 4 is 38.4 Å². The summed E-state index contributed by atoms with van der Waals surface area (Å²) in [7, 11) is 0. The molecule has 1 amide bonds. The monoisotopic (exact) mass is 441 g/mol. The molecule has 144 valence electrons. The van der Waals surface area contributed by atoms with Crippen molar-refractivity contribution in [1.29, 1.82) is 0 Å². The third-order valence-corrected chi connectivity index (χ3v) is 5.76. The van der Waals surface area contributed by atoms with E-state index < -0.39 is 5.82 Å². The minimum atomic E-state index is -0.463. The molecule has 1 aliphatic heterocycles. The molecule has 1 fully saturated rings. The Morgan fingerprint density at radius 3 is 2.75 bits per heavy atom. The number of pyridine rings is 1. The maximum absolute atomic E-state index is 13.7. The zero-order chi connectivity index (χ0) is 19.7. The van der Waals surface area contributed by atoms with Crippen LogP contribution in [0.4, 0.5) is 10.1 Å². The largest absolute Gasteiger partial charge is 0.322 e. The van der Waals surface area contributed by atoms with E-state index in [9.17, 15) is 9.18 Å². The molecule has 4 rings (SSSR count). The third kappa shape index (κ3) is 4.08. The van der Waals surface area contributed by atoms with Gasteiger partial charge < -0.3 is 5.32 Å². The fourth-order valence-corrected chi connectivity index (χ4v) is 3.83. The molecular weight excluding hydrogens is 421 g/mol. The molecule has 4 nitrogen and oxygen atoms in total. The number of likely N-dealkylation sites (tertiary alicyclic amines) is 1. The predicted molar refractivity (Wildman–Crippen MR) is 113 cm³/mol. The normalized spacial score (nSPS) is 14.5. The van der Waals surface area contributed by atoms with Gasteiger partial charge in [-0.3, -0.25) is 14.7 Å². The van der Waals surface area contributed by atoms with Crippen molar-refractivity contribution in [3.8, 4) is 0 Å².